The summed E-state index contributed by atoms with van der Waals surface area (Å²) < 4.78 is 11.2. The van der Waals surface area contributed by atoms with E-state index in [2.05, 4.69) is 11.0 Å². The molecule has 18 heavy (non-hydrogen) atoms. The third-order valence-corrected chi connectivity index (χ3v) is 4.73. The van der Waals surface area contributed by atoms with Crippen LogP contribution in [0.2, 0.25) is 0 Å². The van der Waals surface area contributed by atoms with Gasteiger partial charge in [-0.3, -0.25) is 4.90 Å². The van der Waals surface area contributed by atoms with Crippen LogP contribution in [0.4, 0.5) is 0 Å². The summed E-state index contributed by atoms with van der Waals surface area (Å²) in [5.74, 6) is 1.03. The van der Waals surface area contributed by atoms with Gasteiger partial charge >= 0.3 is 0 Å². The Labute approximate surface area is 109 Å². The molecule has 1 unspecified atom stereocenters. The minimum atomic E-state index is 0.0422. The van der Waals surface area contributed by atoms with Gasteiger partial charge in [0, 0.05) is 25.0 Å². The summed E-state index contributed by atoms with van der Waals surface area (Å²) >= 11 is 0. The van der Waals surface area contributed by atoms with E-state index in [0.29, 0.717) is 0 Å². The number of hydrogen-bond donors (Lipinski definition) is 1. The van der Waals surface area contributed by atoms with Crippen molar-refractivity contribution >= 4 is 0 Å². The van der Waals surface area contributed by atoms with Crippen LogP contribution in [0, 0.1) is 0 Å². The molecule has 2 heterocycles. The van der Waals surface area contributed by atoms with Gasteiger partial charge in [0.15, 0.2) is 0 Å². The van der Waals surface area contributed by atoms with Crippen LogP contribution in [-0.2, 0) is 9.47 Å². The van der Waals surface area contributed by atoms with Gasteiger partial charge in [0.25, 0.3) is 0 Å². The number of rotatable bonds is 3. The molecule has 3 aliphatic rings. The van der Waals surface area contributed by atoms with Gasteiger partial charge in [0.05, 0.1) is 25.9 Å². The summed E-state index contributed by atoms with van der Waals surface area (Å²) in [6.07, 6.45) is 8.19. The number of nitrogens with zero attached hydrogens (tertiary/aromatic N) is 1. The molecule has 0 amide bonds. The number of morpholine rings is 1. The normalized spacial score (nSPS) is 29.9. The third kappa shape index (κ3) is 2.06. The van der Waals surface area contributed by atoms with Crippen molar-refractivity contribution in [3.63, 3.8) is 0 Å². The minimum Gasteiger partial charge on any atom is -0.496 e. The van der Waals surface area contributed by atoms with E-state index in [9.17, 15) is 0 Å². The van der Waals surface area contributed by atoms with E-state index < -0.39 is 0 Å². The van der Waals surface area contributed by atoms with E-state index in [1.807, 2.05) is 0 Å². The van der Waals surface area contributed by atoms with Gasteiger partial charge in [-0.2, -0.15) is 0 Å². The predicted molar refractivity (Wildman–Crippen MR) is 70.2 cm³/mol. The van der Waals surface area contributed by atoms with Gasteiger partial charge in [0.1, 0.15) is 5.76 Å². The molecule has 1 atom stereocenters. The van der Waals surface area contributed by atoms with Crippen molar-refractivity contribution in [1.82, 2.24) is 4.90 Å². The first-order chi connectivity index (χ1) is 8.83. The lowest BCUT2D eigenvalue weighted by Crippen LogP contribution is -2.61. The largest absolute Gasteiger partial charge is 0.496 e. The van der Waals surface area contributed by atoms with Crippen LogP contribution in [-0.4, -0.2) is 49.4 Å². The molecule has 0 spiro atoms. The Kier molecular flexibility index (Phi) is 3.59. The molecular weight excluding hydrogens is 228 g/mol. The van der Waals surface area contributed by atoms with Crippen LogP contribution >= 0.6 is 0 Å². The number of hydrogen-bond acceptors (Lipinski definition) is 4. The van der Waals surface area contributed by atoms with E-state index in [-0.39, 0.29) is 11.6 Å². The van der Waals surface area contributed by atoms with Gasteiger partial charge in [-0.1, -0.05) is 12.8 Å². The van der Waals surface area contributed by atoms with Crippen LogP contribution in [0.15, 0.2) is 11.8 Å². The monoisotopic (exact) mass is 252 g/mol. The van der Waals surface area contributed by atoms with E-state index >= 15 is 0 Å². The summed E-state index contributed by atoms with van der Waals surface area (Å²) in [6.45, 7) is 4.52. The lowest BCUT2D eigenvalue weighted by molar-refractivity contribution is -0.0319. The van der Waals surface area contributed by atoms with Crippen molar-refractivity contribution in [3.8, 4) is 0 Å². The zero-order valence-corrected chi connectivity index (χ0v) is 11.1. The first kappa shape index (κ1) is 12.5. The van der Waals surface area contributed by atoms with Gasteiger partial charge < -0.3 is 15.2 Å². The average Bonchev–Trinajstić information content (AvgIpc) is 3.11. The molecule has 2 aliphatic heterocycles. The Bertz CT molecular complexity index is 318. The number of ether oxygens (including phenoxy) is 2. The highest BCUT2D eigenvalue weighted by Crippen LogP contribution is 2.40. The Balaban J connectivity index is 1.80. The van der Waals surface area contributed by atoms with Crippen molar-refractivity contribution in [1.29, 1.82) is 0 Å². The molecule has 3 rings (SSSR count). The highest BCUT2D eigenvalue weighted by atomic mass is 16.5. The molecule has 0 radical (unpaired) electrons. The minimum absolute atomic E-state index is 0.0422. The molecule has 0 aromatic rings. The summed E-state index contributed by atoms with van der Waals surface area (Å²) in [5.41, 5.74) is 6.70. The lowest BCUT2D eigenvalue weighted by Gasteiger charge is -2.47. The van der Waals surface area contributed by atoms with Crippen LogP contribution in [0.25, 0.3) is 0 Å². The molecule has 102 valence electrons. The van der Waals surface area contributed by atoms with Crippen molar-refractivity contribution < 1.29 is 9.47 Å². The summed E-state index contributed by atoms with van der Waals surface area (Å²) in [6, 6.07) is 0.0422. The molecule has 1 saturated heterocycles. The van der Waals surface area contributed by atoms with Crippen LogP contribution in [0.1, 0.15) is 32.1 Å². The quantitative estimate of drug-likeness (QED) is 0.821. The maximum Gasteiger partial charge on any atom is 0.111 e. The molecule has 4 nitrogen and oxygen atoms in total. The van der Waals surface area contributed by atoms with Gasteiger partial charge in [-0.25, -0.2) is 0 Å². The highest BCUT2D eigenvalue weighted by Gasteiger charge is 2.47. The van der Waals surface area contributed by atoms with Crippen molar-refractivity contribution in [2.45, 2.75) is 43.7 Å². The topological polar surface area (TPSA) is 47.7 Å². The fourth-order valence-corrected chi connectivity index (χ4v) is 3.74. The van der Waals surface area contributed by atoms with Crippen molar-refractivity contribution in [2.75, 3.05) is 32.9 Å². The summed E-state index contributed by atoms with van der Waals surface area (Å²) in [7, 11) is 0. The van der Waals surface area contributed by atoms with Crippen LogP contribution in [0.3, 0.4) is 0 Å². The SMILES string of the molecule is NC(C1=CCCO1)C1(N2CCOCC2)CCCC1. The molecule has 0 aromatic heterocycles. The third-order valence-electron chi connectivity index (χ3n) is 4.73. The van der Waals surface area contributed by atoms with Gasteiger partial charge in [-0.15, -0.1) is 0 Å². The van der Waals surface area contributed by atoms with E-state index in [4.69, 9.17) is 15.2 Å². The van der Waals surface area contributed by atoms with E-state index in [0.717, 1.165) is 45.1 Å². The maximum absolute atomic E-state index is 6.57. The van der Waals surface area contributed by atoms with Crippen molar-refractivity contribution in [3.05, 3.63) is 11.8 Å². The van der Waals surface area contributed by atoms with E-state index in [1.165, 1.54) is 25.7 Å². The highest BCUT2D eigenvalue weighted by molar-refractivity contribution is 5.18. The maximum atomic E-state index is 6.57. The Morgan fingerprint density at radius 1 is 1.17 bits per heavy atom. The second kappa shape index (κ2) is 5.19. The molecule has 2 N–H and O–H groups in total. The van der Waals surface area contributed by atoms with Gasteiger partial charge in [0.2, 0.25) is 0 Å². The van der Waals surface area contributed by atoms with Gasteiger partial charge in [-0.05, 0) is 18.9 Å². The van der Waals surface area contributed by atoms with Crippen LogP contribution < -0.4 is 5.73 Å². The molecule has 0 aromatic carbocycles. The zero-order valence-electron chi connectivity index (χ0n) is 11.1. The molecule has 1 saturated carbocycles. The molecular formula is C14H24N2O2. The average molecular weight is 252 g/mol. The predicted octanol–water partition coefficient (Wildman–Crippen LogP) is 1.26. The fourth-order valence-electron chi connectivity index (χ4n) is 3.74. The first-order valence-electron chi connectivity index (χ1n) is 7.24. The van der Waals surface area contributed by atoms with Crippen LogP contribution in [0.5, 0.6) is 0 Å². The summed E-state index contributed by atoms with van der Waals surface area (Å²) in [5, 5.41) is 0. The number of nitrogens with two attached hydrogens (primary N) is 1. The molecule has 1 aliphatic carbocycles. The molecule has 2 fully saturated rings. The second-order valence-electron chi connectivity index (χ2n) is 5.63. The van der Waals surface area contributed by atoms with E-state index in [1.54, 1.807) is 0 Å². The van der Waals surface area contributed by atoms with Crippen molar-refractivity contribution in [2.24, 2.45) is 5.73 Å². The standard InChI is InChI=1S/C14H24N2O2/c15-13(12-4-3-9-18-12)14(5-1-2-6-14)16-7-10-17-11-8-16/h4,13H,1-3,5-11,15H2. The summed E-state index contributed by atoms with van der Waals surface area (Å²) in [4.78, 5) is 2.57. The Morgan fingerprint density at radius 3 is 2.50 bits per heavy atom. The lowest BCUT2D eigenvalue weighted by atomic mass is 9.85. The second-order valence-corrected chi connectivity index (χ2v) is 5.63. The molecule has 4 heteroatoms. The zero-order chi connectivity index (χ0) is 12.4. The fraction of sp³-hybridized carbons (Fsp3) is 0.857. The Hall–Kier alpha value is -0.580. The molecule has 0 bridgehead atoms. The Morgan fingerprint density at radius 2 is 1.89 bits per heavy atom. The smallest absolute Gasteiger partial charge is 0.111 e. The first-order valence-corrected chi connectivity index (χ1v) is 7.24.